The van der Waals surface area contributed by atoms with Gasteiger partial charge in [0.2, 0.25) is 0 Å². The van der Waals surface area contributed by atoms with E-state index in [0.29, 0.717) is 0 Å². The molecular formula is C11H18OS. The topological polar surface area (TPSA) is 20.2 Å². The van der Waals surface area contributed by atoms with Crippen molar-refractivity contribution in [2.75, 3.05) is 0 Å². The molecule has 1 rings (SSSR count). The molecule has 1 unspecified atom stereocenters. The predicted octanol–water partition coefficient (Wildman–Crippen LogP) is 3.09. The molecule has 0 aliphatic carbocycles. The maximum absolute atomic E-state index is 9.79. The Kier molecular flexibility index (Phi) is 3.51. The highest BCUT2D eigenvalue weighted by Crippen LogP contribution is 2.23. The summed E-state index contributed by atoms with van der Waals surface area (Å²) in [7, 11) is 0. The van der Waals surface area contributed by atoms with E-state index in [2.05, 4.69) is 38.3 Å². The van der Waals surface area contributed by atoms with Gasteiger partial charge in [-0.15, -0.1) is 11.3 Å². The second-order valence-electron chi connectivity index (χ2n) is 4.50. The monoisotopic (exact) mass is 198 g/mol. The first-order valence-electron chi connectivity index (χ1n) is 4.70. The van der Waals surface area contributed by atoms with Crippen LogP contribution in [0.4, 0.5) is 0 Å². The Morgan fingerprint density at radius 3 is 2.62 bits per heavy atom. The lowest BCUT2D eigenvalue weighted by Gasteiger charge is -2.25. The molecule has 1 N–H and O–H groups in total. The van der Waals surface area contributed by atoms with Crippen molar-refractivity contribution in [2.24, 2.45) is 5.41 Å². The van der Waals surface area contributed by atoms with Crippen LogP contribution < -0.4 is 0 Å². The first-order valence-corrected chi connectivity index (χ1v) is 5.58. The molecule has 74 valence electrons. The van der Waals surface area contributed by atoms with Crippen LogP contribution in [0.3, 0.4) is 0 Å². The number of aryl methyl sites for hydroxylation is 1. The van der Waals surface area contributed by atoms with Crippen LogP contribution in [0.25, 0.3) is 0 Å². The van der Waals surface area contributed by atoms with Gasteiger partial charge in [0, 0.05) is 4.88 Å². The number of aliphatic hydroxyl groups is 1. The molecule has 0 aliphatic heterocycles. The third kappa shape index (κ3) is 3.49. The summed E-state index contributed by atoms with van der Waals surface area (Å²) in [4.78, 5) is 1.36. The second kappa shape index (κ2) is 4.25. The SMILES string of the molecule is CC(C)(C)C(O)CCc1cccs1. The molecule has 0 fully saturated rings. The second-order valence-corrected chi connectivity index (χ2v) is 5.53. The molecule has 0 aromatic carbocycles. The van der Waals surface area contributed by atoms with Crippen LogP contribution in [0.15, 0.2) is 17.5 Å². The van der Waals surface area contributed by atoms with Crippen molar-refractivity contribution in [3.8, 4) is 0 Å². The van der Waals surface area contributed by atoms with Crippen LogP contribution >= 0.6 is 11.3 Å². The predicted molar refractivity (Wildman–Crippen MR) is 58.1 cm³/mol. The summed E-state index contributed by atoms with van der Waals surface area (Å²) in [5, 5.41) is 11.9. The molecule has 1 aromatic heterocycles. The van der Waals surface area contributed by atoms with E-state index in [1.54, 1.807) is 11.3 Å². The minimum absolute atomic E-state index is 0.0112. The first-order chi connectivity index (χ1) is 6.00. The van der Waals surface area contributed by atoms with Gasteiger partial charge in [-0.3, -0.25) is 0 Å². The minimum Gasteiger partial charge on any atom is -0.393 e. The molecule has 1 nitrogen and oxygen atoms in total. The third-order valence-electron chi connectivity index (χ3n) is 2.24. The molecule has 0 aliphatic rings. The van der Waals surface area contributed by atoms with Crippen LogP contribution in [0.5, 0.6) is 0 Å². The lowest BCUT2D eigenvalue weighted by atomic mass is 9.86. The fourth-order valence-corrected chi connectivity index (χ4v) is 1.89. The number of hydrogen-bond donors (Lipinski definition) is 1. The molecule has 0 bridgehead atoms. The van der Waals surface area contributed by atoms with Gasteiger partial charge in [-0.1, -0.05) is 26.8 Å². The van der Waals surface area contributed by atoms with Crippen LogP contribution in [-0.4, -0.2) is 11.2 Å². The molecule has 1 heterocycles. The van der Waals surface area contributed by atoms with Crippen LogP contribution in [0.2, 0.25) is 0 Å². The van der Waals surface area contributed by atoms with Gasteiger partial charge in [0.1, 0.15) is 0 Å². The highest BCUT2D eigenvalue weighted by Gasteiger charge is 2.21. The van der Waals surface area contributed by atoms with E-state index in [-0.39, 0.29) is 11.5 Å². The van der Waals surface area contributed by atoms with Gasteiger partial charge in [-0.05, 0) is 29.7 Å². The van der Waals surface area contributed by atoms with Gasteiger partial charge < -0.3 is 5.11 Å². The maximum atomic E-state index is 9.79. The van der Waals surface area contributed by atoms with E-state index in [4.69, 9.17) is 0 Å². The maximum Gasteiger partial charge on any atom is 0.0592 e. The van der Waals surface area contributed by atoms with Crippen molar-refractivity contribution in [3.63, 3.8) is 0 Å². The van der Waals surface area contributed by atoms with E-state index >= 15 is 0 Å². The Labute approximate surface area is 84.4 Å². The fourth-order valence-electron chi connectivity index (χ4n) is 1.17. The Bertz CT molecular complexity index is 233. The number of hydrogen-bond acceptors (Lipinski definition) is 2. The molecule has 1 aromatic rings. The highest BCUT2D eigenvalue weighted by atomic mass is 32.1. The van der Waals surface area contributed by atoms with Gasteiger partial charge >= 0.3 is 0 Å². The number of aliphatic hydroxyl groups excluding tert-OH is 1. The lowest BCUT2D eigenvalue weighted by Crippen LogP contribution is -2.26. The van der Waals surface area contributed by atoms with Gasteiger partial charge in [0.15, 0.2) is 0 Å². The Morgan fingerprint density at radius 1 is 1.46 bits per heavy atom. The first kappa shape index (κ1) is 10.7. The van der Waals surface area contributed by atoms with Crippen molar-refractivity contribution in [1.29, 1.82) is 0 Å². The van der Waals surface area contributed by atoms with Crippen molar-refractivity contribution in [1.82, 2.24) is 0 Å². The quantitative estimate of drug-likeness (QED) is 0.791. The van der Waals surface area contributed by atoms with Gasteiger partial charge in [-0.25, -0.2) is 0 Å². The minimum atomic E-state index is -0.199. The normalized spacial score (nSPS) is 14.5. The molecule has 0 amide bonds. The van der Waals surface area contributed by atoms with E-state index in [1.165, 1.54) is 4.88 Å². The van der Waals surface area contributed by atoms with Crippen molar-refractivity contribution in [2.45, 2.75) is 39.7 Å². The number of rotatable bonds is 3. The number of thiophene rings is 1. The fraction of sp³-hybridized carbons (Fsp3) is 0.636. The summed E-state index contributed by atoms with van der Waals surface area (Å²) in [6.07, 6.45) is 1.66. The standard InChI is InChI=1S/C11H18OS/c1-11(2,3)10(12)7-6-9-5-4-8-13-9/h4-5,8,10,12H,6-7H2,1-3H3. The van der Waals surface area contributed by atoms with Crippen LogP contribution in [0.1, 0.15) is 32.1 Å². The Balaban J connectivity index is 2.35. The van der Waals surface area contributed by atoms with E-state index in [0.717, 1.165) is 12.8 Å². The zero-order valence-electron chi connectivity index (χ0n) is 8.58. The van der Waals surface area contributed by atoms with Crippen molar-refractivity contribution >= 4 is 11.3 Å². The average molecular weight is 198 g/mol. The molecule has 0 spiro atoms. The molecule has 13 heavy (non-hydrogen) atoms. The molecular weight excluding hydrogens is 180 g/mol. The summed E-state index contributed by atoms with van der Waals surface area (Å²) in [6.45, 7) is 6.23. The largest absolute Gasteiger partial charge is 0.393 e. The van der Waals surface area contributed by atoms with Gasteiger partial charge in [0.25, 0.3) is 0 Å². The van der Waals surface area contributed by atoms with E-state index < -0.39 is 0 Å². The Morgan fingerprint density at radius 2 is 2.15 bits per heavy atom. The van der Waals surface area contributed by atoms with Gasteiger partial charge in [0.05, 0.1) is 6.10 Å². The summed E-state index contributed by atoms with van der Waals surface area (Å²) in [5.74, 6) is 0. The van der Waals surface area contributed by atoms with Crippen LogP contribution in [-0.2, 0) is 6.42 Å². The van der Waals surface area contributed by atoms with Gasteiger partial charge in [-0.2, -0.15) is 0 Å². The summed E-state index contributed by atoms with van der Waals surface area (Å²) >= 11 is 1.76. The van der Waals surface area contributed by atoms with Crippen molar-refractivity contribution in [3.05, 3.63) is 22.4 Å². The summed E-state index contributed by atoms with van der Waals surface area (Å²) < 4.78 is 0. The molecule has 0 radical (unpaired) electrons. The average Bonchev–Trinajstić information content (AvgIpc) is 2.50. The molecule has 1 atom stereocenters. The van der Waals surface area contributed by atoms with Crippen molar-refractivity contribution < 1.29 is 5.11 Å². The Hall–Kier alpha value is -0.340. The van der Waals surface area contributed by atoms with E-state index in [9.17, 15) is 5.11 Å². The molecule has 0 saturated heterocycles. The summed E-state index contributed by atoms with van der Waals surface area (Å²) in [6, 6.07) is 4.18. The zero-order valence-corrected chi connectivity index (χ0v) is 9.40. The smallest absolute Gasteiger partial charge is 0.0592 e. The lowest BCUT2D eigenvalue weighted by molar-refractivity contribution is 0.0562. The zero-order chi connectivity index (χ0) is 9.90. The van der Waals surface area contributed by atoms with E-state index in [1.807, 2.05) is 0 Å². The molecule has 0 saturated carbocycles. The summed E-state index contributed by atoms with van der Waals surface area (Å²) in [5.41, 5.74) is 0.0112. The van der Waals surface area contributed by atoms with Crippen LogP contribution in [0, 0.1) is 5.41 Å². The third-order valence-corrected chi connectivity index (χ3v) is 3.18. The highest BCUT2D eigenvalue weighted by molar-refractivity contribution is 7.09. The molecule has 2 heteroatoms.